The Balaban J connectivity index is 2.30. The van der Waals surface area contributed by atoms with Gasteiger partial charge in [0, 0.05) is 24.7 Å². The number of hydrogen-bond acceptors (Lipinski definition) is 3. The first-order valence-corrected chi connectivity index (χ1v) is 9.65. The molecule has 1 fully saturated rings. The number of rotatable bonds is 13. The van der Waals surface area contributed by atoms with Crippen molar-refractivity contribution in [2.45, 2.75) is 90.1 Å². The third-order valence-electron chi connectivity index (χ3n) is 4.97. The fourth-order valence-electron chi connectivity index (χ4n) is 3.53. The van der Waals surface area contributed by atoms with E-state index in [2.05, 4.69) is 19.1 Å². The number of ketones is 1. The van der Waals surface area contributed by atoms with Gasteiger partial charge in [0.15, 0.2) is 0 Å². The summed E-state index contributed by atoms with van der Waals surface area (Å²) < 4.78 is 0. The number of carbonyl (C=O) groups is 2. The van der Waals surface area contributed by atoms with Crippen molar-refractivity contribution >= 4 is 11.8 Å². The molecule has 3 atom stereocenters. The minimum absolute atomic E-state index is 0.0253. The van der Waals surface area contributed by atoms with E-state index < -0.39 is 12.1 Å². The number of allylic oxidation sites excluding steroid dienone is 1. The lowest BCUT2D eigenvalue weighted by atomic mass is 9.88. The maximum absolute atomic E-state index is 12.1. The molecule has 4 heteroatoms. The number of aliphatic carboxylic acids is 1. The van der Waals surface area contributed by atoms with E-state index in [-0.39, 0.29) is 30.5 Å². The van der Waals surface area contributed by atoms with Crippen LogP contribution in [0.25, 0.3) is 0 Å². The van der Waals surface area contributed by atoms with Crippen molar-refractivity contribution in [3.05, 3.63) is 12.2 Å². The number of Topliss-reactive ketones (excluding diaryl/α,β-unsaturated/α-hetero) is 1. The molecule has 1 aliphatic carbocycles. The van der Waals surface area contributed by atoms with Gasteiger partial charge in [-0.2, -0.15) is 0 Å². The highest BCUT2D eigenvalue weighted by atomic mass is 16.4. The number of unbranched alkanes of at least 4 members (excludes halogenated alkanes) is 7. The molecule has 0 saturated heterocycles. The summed E-state index contributed by atoms with van der Waals surface area (Å²) >= 11 is 0. The zero-order chi connectivity index (χ0) is 17.8. The van der Waals surface area contributed by atoms with E-state index >= 15 is 0 Å². The first-order chi connectivity index (χ1) is 11.6. The van der Waals surface area contributed by atoms with Crippen molar-refractivity contribution < 1.29 is 19.8 Å². The molecule has 0 amide bonds. The molecule has 2 unspecified atom stereocenters. The van der Waals surface area contributed by atoms with Gasteiger partial charge in [-0.05, 0) is 25.7 Å². The van der Waals surface area contributed by atoms with Crippen LogP contribution in [0.4, 0.5) is 0 Å². The zero-order valence-electron chi connectivity index (χ0n) is 15.1. The third-order valence-corrected chi connectivity index (χ3v) is 4.97. The molecule has 0 aromatic heterocycles. The molecule has 4 nitrogen and oxygen atoms in total. The van der Waals surface area contributed by atoms with E-state index in [1.807, 2.05) is 0 Å². The van der Waals surface area contributed by atoms with Gasteiger partial charge >= 0.3 is 5.97 Å². The van der Waals surface area contributed by atoms with E-state index in [1.165, 1.54) is 25.7 Å². The molecule has 1 rings (SSSR count). The number of aliphatic hydroxyl groups is 1. The number of carboxylic acid groups (broad SMARTS) is 1. The zero-order valence-corrected chi connectivity index (χ0v) is 15.1. The van der Waals surface area contributed by atoms with Gasteiger partial charge in [0.1, 0.15) is 5.78 Å². The summed E-state index contributed by atoms with van der Waals surface area (Å²) in [5.74, 6) is -0.629. The van der Waals surface area contributed by atoms with E-state index in [0.29, 0.717) is 6.42 Å². The highest BCUT2D eigenvalue weighted by molar-refractivity contribution is 5.84. The molecule has 0 radical (unpaired) electrons. The third kappa shape index (κ3) is 8.09. The second-order valence-corrected chi connectivity index (χ2v) is 7.05. The van der Waals surface area contributed by atoms with E-state index in [4.69, 9.17) is 5.11 Å². The summed E-state index contributed by atoms with van der Waals surface area (Å²) in [7, 11) is 0. The average molecular weight is 338 g/mol. The Morgan fingerprint density at radius 1 is 1.12 bits per heavy atom. The van der Waals surface area contributed by atoms with Crippen molar-refractivity contribution in [1.29, 1.82) is 0 Å². The van der Waals surface area contributed by atoms with Gasteiger partial charge in [-0.1, -0.05) is 57.6 Å². The van der Waals surface area contributed by atoms with Crippen LogP contribution < -0.4 is 0 Å². The monoisotopic (exact) mass is 338 g/mol. The summed E-state index contributed by atoms with van der Waals surface area (Å²) in [5.41, 5.74) is 0. The van der Waals surface area contributed by atoms with Gasteiger partial charge in [-0.3, -0.25) is 9.59 Å². The number of hydrogen-bond donors (Lipinski definition) is 2. The van der Waals surface area contributed by atoms with Crippen LogP contribution in [0, 0.1) is 11.8 Å². The standard InChI is InChI=1S/C20H34O4/c1-2-3-4-5-6-9-12-16-17(19(22)15-18(16)21)13-10-7-8-11-14-20(23)24/h9,12,16-18,21H,2-8,10-11,13-15H2,1H3,(H,23,24)/b12-9+/t16-,17?,18?/m1/s1. The number of aliphatic hydroxyl groups excluding tert-OH is 1. The van der Waals surface area contributed by atoms with Gasteiger partial charge in [0.05, 0.1) is 6.10 Å². The van der Waals surface area contributed by atoms with Gasteiger partial charge < -0.3 is 10.2 Å². The lowest BCUT2D eigenvalue weighted by Crippen LogP contribution is -2.18. The molecule has 2 N–H and O–H groups in total. The molecule has 0 aromatic rings. The Bertz CT molecular complexity index is 402. The summed E-state index contributed by atoms with van der Waals surface area (Å²) in [6.07, 6.45) is 14.4. The summed E-state index contributed by atoms with van der Waals surface area (Å²) in [6.45, 7) is 2.20. The van der Waals surface area contributed by atoms with Crippen LogP contribution in [0.1, 0.15) is 84.0 Å². The molecule has 24 heavy (non-hydrogen) atoms. The largest absolute Gasteiger partial charge is 0.481 e. The topological polar surface area (TPSA) is 74.6 Å². The summed E-state index contributed by atoms with van der Waals surface area (Å²) in [5, 5.41) is 18.7. The van der Waals surface area contributed by atoms with Gasteiger partial charge in [0.2, 0.25) is 0 Å². The van der Waals surface area contributed by atoms with Crippen molar-refractivity contribution in [1.82, 2.24) is 0 Å². The quantitative estimate of drug-likeness (QED) is 0.383. The molecule has 1 saturated carbocycles. The molecular formula is C20H34O4. The predicted octanol–water partition coefficient (Wildman–Crippen LogP) is 4.50. The van der Waals surface area contributed by atoms with E-state index in [1.54, 1.807) is 0 Å². The average Bonchev–Trinajstić information content (AvgIpc) is 2.80. The van der Waals surface area contributed by atoms with E-state index in [9.17, 15) is 14.7 Å². The Morgan fingerprint density at radius 3 is 2.54 bits per heavy atom. The minimum Gasteiger partial charge on any atom is -0.481 e. The van der Waals surface area contributed by atoms with Crippen LogP contribution >= 0.6 is 0 Å². The summed E-state index contributed by atoms with van der Waals surface area (Å²) in [4.78, 5) is 22.6. The molecule has 1 aliphatic rings. The van der Waals surface area contributed by atoms with Gasteiger partial charge in [-0.25, -0.2) is 0 Å². The smallest absolute Gasteiger partial charge is 0.303 e. The number of carboxylic acids is 1. The second kappa shape index (κ2) is 12.2. The number of carbonyl (C=O) groups excluding carboxylic acids is 1. The van der Waals surface area contributed by atoms with Crippen LogP contribution in [0.2, 0.25) is 0 Å². The molecule has 0 heterocycles. The predicted molar refractivity (Wildman–Crippen MR) is 95.8 cm³/mol. The van der Waals surface area contributed by atoms with Crippen LogP contribution in [0.5, 0.6) is 0 Å². The lowest BCUT2D eigenvalue weighted by molar-refractivity contribution is -0.137. The fraction of sp³-hybridized carbons (Fsp3) is 0.800. The molecule has 0 aliphatic heterocycles. The first kappa shape index (κ1) is 20.9. The lowest BCUT2D eigenvalue weighted by Gasteiger charge is -2.17. The SMILES string of the molecule is CCCCCC/C=C/[C@H]1C(O)CC(=O)C1CCCCCCC(=O)O. The Kier molecular flexibility index (Phi) is 10.6. The van der Waals surface area contributed by atoms with Crippen molar-refractivity contribution in [3.8, 4) is 0 Å². The minimum atomic E-state index is -0.742. The van der Waals surface area contributed by atoms with Gasteiger partial charge in [-0.15, -0.1) is 0 Å². The van der Waals surface area contributed by atoms with Crippen LogP contribution in [0.15, 0.2) is 12.2 Å². The van der Waals surface area contributed by atoms with E-state index in [0.717, 1.165) is 32.1 Å². The molecule has 0 aromatic carbocycles. The molecule has 0 spiro atoms. The Labute approximate surface area is 146 Å². The second-order valence-electron chi connectivity index (χ2n) is 7.05. The fourth-order valence-corrected chi connectivity index (χ4v) is 3.53. The molecule has 138 valence electrons. The Hall–Kier alpha value is -1.16. The maximum Gasteiger partial charge on any atom is 0.303 e. The first-order valence-electron chi connectivity index (χ1n) is 9.65. The van der Waals surface area contributed by atoms with Crippen LogP contribution in [0.3, 0.4) is 0 Å². The molecular weight excluding hydrogens is 304 g/mol. The summed E-state index contributed by atoms with van der Waals surface area (Å²) in [6, 6.07) is 0. The molecule has 0 bridgehead atoms. The van der Waals surface area contributed by atoms with Crippen LogP contribution in [-0.2, 0) is 9.59 Å². The van der Waals surface area contributed by atoms with Crippen molar-refractivity contribution in [2.24, 2.45) is 11.8 Å². The van der Waals surface area contributed by atoms with Crippen molar-refractivity contribution in [2.75, 3.05) is 0 Å². The Morgan fingerprint density at radius 2 is 1.83 bits per heavy atom. The maximum atomic E-state index is 12.1. The highest BCUT2D eigenvalue weighted by Gasteiger charge is 2.39. The normalized spacial score (nSPS) is 24.1. The van der Waals surface area contributed by atoms with Crippen LogP contribution in [-0.4, -0.2) is 28.1 Å². The highest BCUT2D eigenvalue weighted by Crippen LogP contribution is 2.34. The van der Waals surface area contributed by atoms with Crippen molar-refractivity contribution in [3.63, 3.8) is 0 Å². The van der Waals surface area contributed by atoms with Gasteiger partial charge in [0.25, 0.3) is 0 Å².